The van der Waals surface area contributed by atoms with E-state index in [9.17, 15) is 8.78 Å². The first-order valence-corrected chi connectivity index (χ1v) is 7.65. The van der Waals surface area contributed by atoms with Crippen LogP contribution in [0.15, 0.2) is 41.4 Å². The van der Waals surface area contributed by atoms with Gasteiger partial charge < -0.3 is 20.5 Å². The predicted octanol–water partition coefficient (Wildman–Crippen LogP) is 3.84. The van der Waals surface area contributed by atoms with Crippen molar-refractivity contribution in [2.45, 2.75) is 27.0 Å². The summed E-state index contributed by atoms with van der Waals surface area (Å²) in [6.45, 7) is 1.33. The fraction of sp³-hybridized carbons (Fsp3) is 0.278. The molecule has 0 radical (unpaired) electrons. The van der Waals surface area contributed by atoms with E-state index in [0.717, 1.165) is 11.3 Å². The highest BCUT2D eigenvalue weighted by atomic mass is 19.3. The molecule has 134 valence electrons. The summed E-state index contributed by atoms with van der Waals surface area (Å²) in [5, 5.41) is 3.00. The third-order valence-corrected chi connectivity index (χ3v) is 3.66. The summed E-state index contributed by atoms with van der Waals surface area (Å²) in [6, 6.07) is 10.6. The van der Waals surface area contributed by atoms with Crippen LogP contribution >= 0.6 is 0 Å². The van der Waals surface area contributed by atoms with E-state index in [-0.39, 0.29) is 24.0 Å². The summed E-state index contributed by atoms with van der Waals surface area (Å²) in [7, 11) is 1.39. The number of methoxy groups -OCH3 is 1. The Morgan fingerprint density at radius 3 is 2.52 bits per heavy atom. The summed E-state index contributed by atoms with van der Waals surface area (Å²) in [5.41, 5.74) is 9.71. The molecule has 0 fully saturated rings. The van der Waals surface area contributed by atoms with Crippen LogP contribution in [-0.2, 0) is 6.54 Å². The summed E-state index contributed by atoms with van der Waals surface area (Å²) >= 11 is 0. The van der Waals surface area contributed by atoms with E-state index >= 15 is 0 Å². The smallest absolute Gasteiger partial charge is 0.387 e. The maximum absolute atomic E-state index is 12.5. The van der Waals surface area contributed by atoms with E-state index in [1.165, 1.54) is 18.7 Å². The van der Waals surface area contributed by atoms with E-state index in [4.69, 9.17) is 10.5 Å². The lowest BCUT2D eigenvalue weighted by Crippen LogP contribution is -2.22. The second kappa shape index (κ2) is 8.32. The fourth-order valence-corrected chi connectivity index (χ4v) is 2.19. The van der Waals surface area contributed by atoms with Crippen LogP contribution in [0.4, 0.5) is 14.5 Å². The molecule has 0 heterocycles. The van der Waals surface area contributed by atoms with Gasteiger partial charge in [0.1, 0.15) is 0 Å². The summed E-state index contributed by atoms with van der Waals surface area (Å²) < 4.78 is 34.3. The van der Waals surface area contributed by atoms with E-state index in [2.05, 4.69) is 15.0 Å². The highest BCUT2D eigenvalue weighted by Gasteiger charge is 2.11. The van der Waals surface area contributed by atoms with Crippen molar-refractivity contribution in [3.8, 4) is 11.5 Å². The quantitative estimate of drug-likeness (QED) is 0.614. The fourth-order valence-electron chi connectivity index (χ4n) is 2.19. The van der Waals surface area contributed by atoms with Gasteiger partial charge in [-0.1, -0.05) is 12.1 Å². The molecule has 3 N–H and O–H groups in total. The van der Waals surface area contributed by atoms with E-state index in [1.54, 1.807) is 12.1 Å². The number of hydrogen-bond acceptors (Lipinski definition) is 3. The molecule has 25 heavy (non-hydrogen) atoms. The van der Waals surface area contributed by atoms with Gasteiger partial charge in [0, 0.05) is 5.69 Å². The van der Waals surface area contributed by atoms with Crippen molar-refractivity contribution in [1.29, 1.82) is 0 Å². The molecule has 0 bridgehead atoms. The molecule has 2 rings (SSSR count). The molecular weight excluding hydrogens is 328 g/mol. The Bertz CT molecular complexity index is 764. The van der Waals surface area contributed by atoms with Crippen LogP contribution in [0, 0.1) is 13.8 Å². The number of aliphatic imine (C=N–C) groups is 1. The van der Waals surface area contributed by atoms with Crippen LogP contribution in [0.3, 0.4) is 0 Å². The Kier molecular flexibility index (Phi) is 6.16. The SMILES string of the molecule is COc1ccc(CN=C(N)Nc2ccc(C)c(C)c2)cc1OC(F)F. The second-order valence-electron chi connectivity index (χ2n) is 5.49. The molecule has 2 aromatic carbocycles. The minimum absolute atomic E-state index is 0.0362. The number of benzene rings is 2. The highest BCUT2D eigenvalue weighted by Crippen LogP contribution is 2.29. The van der Waals surface area contributed by atoms with Gasteiger partial charge in [-0.3, -0.25) is 0 Å². The molecule has 0 amide bonds. The van der Waals surface area contributed by atoms with Crippen molar-refractivity contribution in [1.82, 2.24) is 0 Å². The molecule has 2 aromatic rings. The van der Waals surface area contributed by atoms with E-state index in [1.807, 2.05) is 32.0 Å². The maximum Gasteiger partial charge on any atom is 0.387 e. The first-order chi connectivity index (χ1) is 11.9. The zero-order chi connectivity index (χ0) is 18.4. The lowest BCUT2D eigenvalue weighted by molar-refractivity contribution is -0.0512. The van der Waals surface area contributed by atoms with Crippen LogP contribution in [-0.4, -0.2) is 19.7 Å². The number of rotatable bonds is 6. The number of nitrogens with two attached hydrogens (primary N) is 1. The zero-order valence-electron chi connectivity index (χ0n) is 14.3. The van der Waals surface area contributed by atoms with Crippen LogP contribution in [0.1, 0.15) is 16.7 Å². The van der Waals surface area contributed by atoms with Gasteiger partial charge in [0.25, 0.3) is 0 Å². The Balaban J connectivity index is 2.07. The number of nitrogens with one attached hydrogen (secondary N) is 1. The molecular formula is C18H21F2N3O2. The van der Waals surface area contributed by atoms with Gasteiger partial charge in [0.2, 0.25) is 0 Å². The van der Waals surface area contributed by atoms with Crippen LogP contribution in [0.25, 0.3) is 0 Å². The molecule has 0 unspecified atom stereocenters. The number of hydrogen-bond donors (Lipinski definition) is 2. The van der Waals surface area contributed by atoms with Gasteiger partial charge in [-0.05, 0) is 54.8 Å². The molecule has 0 aromatic heterocycles. The van der Waals surface area contributed by atoms with Gasteiger partial charge in [0.05, 0.1) is 13.7 Å². The molecule has 0 aliphatic carbocycles. The van der Waals surface area contributed by atoms with Crippen LogP contribution in [0.2, 0.25) is 0 Å². The Morgan fingerprint density at radius 2 is 1.88 bits per heavy atom. The largest absolute Gasteiger partial charge is 0.493 e. The van der Waals surface area contributed by atoms with Crippen molar-refractivity contribution in [2.75, 3.05) is 12.4 Å². The van der Waals surface area contributed by atoms with Crippen molar-refractivity contribution in [2.24, 2.45) is 10.7 Å². The molecule has 0 atom stereocenters. The number of alkyl halides is 2. The van der Waals surface area contributed by atoms with Crippen molar-refractivity contribution < 1.29 is 18.3 Å². The average Bonchev–Trinajstić information content (AvgIpc) is 2.56. The van der Waals surface area contributed by atoms with Crippen molar-refractivity contribution in [3.63, 3.8) is 0 Å². The van der Waals surface area contributed by atoms with Gasteiger partial charge in [-0.15, -0.1) is 0 Å². The molecule has 0 aliphatic rings. The topological polar surface area (TPSA) is 68.9 Å². The normalized spacial score (nSPS) is 11.5. The van der Waals surface area contributed by atoms with Crippen LogP contribution in [0.5, 0.6) is 11.5 Å². The first kappa shape index (κ1) is 18.5. The highest BCUT2D eigenvalue weighted by molar-refractivity contribution is 5.92. The third kappa shape index (κ3) is 5.34. The summed E-state index contributed by atoms with van der Waals surface area (Å²) in [4.78, 5) is 4.22. The van der Waals surface area contributed by atoms with Crippen molar-refractivity contribution in [3.05, 3.63) is 53.1 Å². The Morgan fingerprint density at radius 1 is 1.12 bits per heavy atom. The Hall–Kier alpha value is -2.83. The van der Waals surface area contributed by atoms with Gasteiger partial charge in [-0.25, -0.2) is 4.99 Å². The molecule has 0 saturated heterocycles. The second-order valence-corrected chi connectivity index (χ2v) is 5.49. The summed E-state index contributed by atoms with van der Waals surface area (Å²) in [6.07, 6.45) is 0. The number of nitrogens with zero attached hydrogens (tertiary/aromatic N) is 1. The van der Waals surface area contributed by atoms with E-state index < -0.39 is 6.61 Å². The number of guanidine groups is 1. The van der Waals surface area contributed by atoms with Crippen LogP contribution < -0.4 is 20.5 Å². The van der Waals surface area contributed by atoms with Gasteiger partial charge >= 0.3 is 6.61 Å². The van der Waals surface area contributed by atoms with E-state index in [0.29, 0.717) is 5.56 Å². The van der Waals surface area contributed by atoms with Gasteiger partial charge in [-0.2, -0.15) is 8.78 Å². The standard InChI is InChI=1S/C18H21F2N3O2/c1-11-4-6-14(8-12(11)2)23-18(21)22-10-13-5-7-15(24-3)16(9-13)25-17(19)20/h4-9,17H,10H2,1-3H3,(H3,21,22,23). The molecule has 0 aliphatic heterocycles. The predicted molar refractivity (Wildman–Crippen MR) is 94.5 cm³/mol. The van der Waals surface area contributed by atoms with Crippen molar-refractivity contribution >= 4 is 11.6 Å². The minimum atomic E-state index is -2.93. The number of halogens is 2. The molecule has 0 spiro atoms. The average molecular weight is 349 g/mol. The molecule has 7 heteroatoms. The Labute approximate surface area is 145 Å². The third-order valence-electron chi connectivity index (χ3n) is 3.66. The number of ether oxygens (including phenoxy) is 2. The van der Waals surface area contributed by atoms with Gasteiger partial charge in [0.15, 0.2) is 17.5 Å². The monoisotopic (exact) mass is 349 g/mol. The number of aryl methyl sites for hydroxylation is 2. The lowest BCUT2D eigenvalue weighted by atomic mass is 10.1. The zero-order valence-corrected chi connectivity index (χ0v) is 14.3. The summed E-state index contributed by atoms with van der Waals surface area (Å²) in [5.74, 6) is 0.426. The number of anilines is 1. The molecule has 0 saturated carbocycles. The minimum Gasteiger partial charge on any atom is -0.493 e. The lowest BCUT2D eigenvalue weighted by Gasteiger charge is -2.11. The maximum atomic E-state index is 12.5. The first-order valence-electron chi connectivity index (χ1n) is 7.65. The molecule has 5 nitrogen and oxygen atoms in total.